The van der Waals surface area contributed by atoms with Crippen LogP contribution in [-0.4, -0.2) is 119 Å². The van der Waals surface area contributed by atoms with Crippen molar-refractivity contribution in [2.45, 2.75) is 111 Å². The van der Waals surface area contributed by atoms with Gasteiger partial charge in [0.2, 0.25) is 0 Å². The summed E-state index contributed by atoms with van der Waals surface area (Å²) in [6.45, 7) is 14.3. The fourth-order valence-electron chi connectivity index (χ4n) is 8.62. The maximum Gasteiger partial charge on any atom is 0.420 e. The Bertz CT molecular complexity index is 3040. The Morgan fingerprint density at radius 1 is 0.602 bits per heavy atom. The number of hydrogen-bond acceptors (Lipinski definition) is 11. The number of methoxy groups -OCH3 is 1. The van der Waals surface area contributed by atoms with E-state index in [0.717, 1.165) is 80.2 Å². The summed E-state index contributed by atoms with van der Waals surface area (Å²) < 4.78 is 131. The van der Waals surface area contributed by atoms with Gasteiger partial charge in [0, 0.05) is 98.7 Å². The van der Waals surface area contributed by atoms with E-state index in [1.54, 1.807) is 82.0 Å². The molecule has 23 heteroatoms. The highest BCUT2D eigenvalue weighted by atomic mass is 35.5. The number of aromatic nitrogens is 6. The summed E-state index contributed by atoms with van der Waals surface area (Å²) >= 11 is 6.16. The van der Waals surface area contributed by atoms with Crippen LogP contribution >= 0.6 is 11.6 Å². The maximum atomic E-state index is 14.0. The normalized spacial score (nSPS) is 12.0. The molecule has 7 rings (SSSR count). The van der Waals surface area contributed by atoms with Crippen LogP contribution in [0.5, 0.6) is 23.0 Å². The second-order valence-corrected chi connectivity index (χ2v) is 20.9. The maximum absolute atomic E-state index is 14.0. The average molecular weight is 1190 g/mol. The first-order chi connectivity index (χ1) is 39.4. The summed E-state index contributed by atoms with van der Waals surface area (Å²) in [5, 5.41) is 20.7. The Balaban J connectivity index is 0.000000228. The fraction of sp³-hybridized carbons (Fsp3) is 0.450. The van der Waals surface area contributed by atoms with Crippen LogP contribution in [-0.2, 0) is 42.6 Å². The minimum absolute atomic E-state index is 0.0755. The number of nitrogens with one attached hydrogen (secondary N) is 3. The highest BCUT2D eigenvalue weighted by Gasteiger charge is 2.38. The Labute approximate surface area is 486 Å². The third-order valence-corrected chi connectivity index (χ3v) is 13.1. The molecule has 7 aromatic rings. The molecule has 0 spiro atoms. The number of benzene rings is 4. The molecule has 3 heterocycles. The summed E-state index contributed by atoms with van der Waals surface area (Å²) in [4.78, 5) is 6.30. The van der Waals surface area contributed by atoms with E-state index >= 15 is 0 Å². The molecule has 0 atom stereocenters. The number of H-pyrrole nitrogens is 3. The molecule has 5 N–H and O–H groups in total. The molecule has 3 aromatic heterocycles. The van der Waals surface area contributed by atoms with E-state index in [1.807, 2.05) is 26.0 Å². The molecule has 0 amide bonds. The van der Waals surface area contributed by atoms with Crippen molar-refractivity contribution in [2.75, 3.05) is 67.6 Å². The van der Waals surface area contributed by atoms with Crippen LogP contribution in [0.4, 0.5) is 35.1 Å². The Kier molecular flexibility index (Phi) is 25.9. The van der Waals surface area contributed by atoms with Crippen LogP contribution in [0, 0.1) is 0 Å². The number of halogens is 9. The highest BCUT2D eigenvalue weighted by Crippen LogP contribution is 2.45. The molecule has 0 aliphatic heterocycles. The molecular weight excluding hydrogens is 1110 g/mol. The second-order valence-electron chi connectivity index (χ2n) is 20.5. The Morgan fingerprint density at radius 2 is 1.11 bits per heavy atom. The smallest absolute Gasteiger partial charge is 0.420 e. The average Bonchev–Trinajstić information content (AvgIpc) is 3.75. The van der Waals surface area contributed by atoms with Gasteiger partial charge in [-0.2, -0.15) is 41.6 Å². The molecule has 0 aliphatic carbocycles. The number of hydrogen-bond donors (Lipinski definition) is 4. The highest BCUT2D eigenvalue weighted by molar-refractivity contribution is 6.32. The van der Waals surface area contributed by atoms with Gasteiger partial charge in [-0.25, -0.2) is 8.78 Å². The van der Waals surface area contributed by atoms with Crippen molar-refractivity contribution in [1.82, 2.24) is 45.3 Å². The van der Waals surface area contributed by atoms with Gasteiger partial charge in [-0.3, -0.25) is 15.3 Å². The minimum atomic E-state index is -4.58. The minimum Gasteiger partial charge on any atom is -0.493 e. The van der Waals surface area contributed by atoms with Crippen LogP contribution in [0.2, 0.25) is 5.02 Å². The van der Waals surface area contributed by atoms with Gasteiger partial charge < -0.3 is 39.4 Å². The summed E-state index contributed by atoms with van der Waals surface area (Å²) in [5.41, 5.74) is 9.51. The molecule has 0 fully saturated rings. The van der Waals surface area contributed by atoms with Crippen molar-refractivity contribution in [3.05, 3.63) is 136 Å². The number of likely N-dealkylation sites (N-methyl/N-ethyl adjacent to an activating group) is 1. The van der Waals surface area contributed by atoms with Crippen molar-refractivity contribution in [3.63, 3.8) is 0 Å². The number of rotatable bonds is 27. The molecule has 4 aromatic carbocycles. The van der Waals surface area contributed by atoms with Gasteiger partial charge >= 0.3 is 12.4 Å². The molecule has 454 valence electrons. The molecule has 0 saturated heterocycles. The SMILES string of the molecule is CCCCN(C)Cc1cn[nH]c1-c1cc(Cl)c(OC(C)C)c(C(F)(F)F)c1.CCCCN(C)Cc1cn[nH]c1-c1cc(OCCCOC)cc(C(C)(F)F)c1.CN(CCN)Cc1cn[nH]c1-c1ccc(Oc2ccccc2)c(C(F)(F)F)c1. The van der Waals surface area contributed by atoms with E-state index in [9.17, 15) is 35.1 Å². The summed E-state index contributed by atoms with van der Waals surface area (Å²) in [6, 6.07) is 19.6. The standard InChI is InChI=1S/C21H31F2N3O2.C20H21F3N4O.C19H25ClF3N3O/c1-5-6-8-26(3)15-17-14-24-25-20(17)16-11-18(21(2,22)23)13-19(12-16)28-10-7-9-27-4;1-27(10-9-24)13-15-12-25-26-19(15)14-7-8-18(17(11-14)20(21,22)23)28-16-5-3-2-4-6-16;1-5-6-7-26(4)11-14-10-24-25-17(14)13-8-15(19(21,22)23)18(16(20)9-13)27-12(2)3/h11-14H,5-10,15H2,1-4H3,(H,24,25);2-8,11-12H,9-10,13,24H2,1H3,(H,25,26);8-10,12H,5-7,11H2,1-4H3,(H,24,25). The summed E-state index contributed by atoms with van der Waals surface area (Å²) in [7, 11) is 7.53. The van der Waals surface area contributed by atoms with Gasteiger partial charge in [-0.05, 0) is 122 Å². The van der Waals surface area contributed by atoms with Crippen LogP contribution in [0.15, 0.2) is 97.5 Å². The Morgan fingerprint density at radius 3 is 1.59 bits per heavy atom. The number of ether oxygens (including phenoxy) is 4. The van der Waals surface area contributed by atoms with Crippen LogP contribution in [0.25, 0.3) is 33.8 Å². The first-order valence-electron chi connectivity index (χ1n) is 27.4. The van der Waals surface area contributed by atoms with E-state index < -0.39 is 35.5 Å². The molecule has 0 saturated carbocycles. The predicted molar refractivity (Wildman–Crippen MR) is 309 cm³/mol. The number of nitrogens with zero attached hydrogens (tertiary/aromatic N) is 6. The van der Waals surface area contributed by atoms with Gasteiger partial charge in [-0.15, -0.1) is 0 Å². The van der Waals surface area contributed by atoms with E-state index in [4.69, 9.17) is 36.3 Å². The molecular formula is C60H77ClF8N10O4. The molecule has 0 radical (unpaired) electrons. The van der Waals surface area contributed by atoms with Crippen molar-refractivity contribution in [3.8, 4) is 56.8 Å². The number of alkyl halides is 8. The molecule has 0 aliphatic rings. The van der Waals surface area contributed by atoms with Gasteiger partial charge in [0.1, 0.15) is 17.2 Å². The number of nitrogens with two attached hydrogens (primary N) is 1. The lowest BCUT2D eigenvalue weighted by Gasteiger charge is -2.20. The zero-order valence-electron chi connectivity index (χ0n) is 48.5. The lowest BCUT2D eigenvalue weighted by molar-refractivity contribution is -0.139. The fourth-order valence-corrected chi connectivity index (χ4v) is 8.88. The Hall–Kier alpha value is -6.56. The van der Waals surface area contributed by atoms with Gasteiger partial charge in [0.05, 0.1) is 64.5 Å². The van der Waals surface area contributed by atoms with E-state index in [0.29, 0.717) is 91.9 Å². The van der Waals surface area contributed by atoms with Crippen molar-refractivity contribution in [1.29, 1.82) is 0 Å². The summed E-state index contributed by atoms with van der Waals surface area (Å²) in [5.74, 6) is -2.79. The summed E-state index contributed by atoms with van der Waals surface area (Å²) in [6.07, 6.45) is 0.494. The van der Waals surface area contributed by atoms with Gasteiger partial charge in [0.15, 0.2) is 5.75 Å². The van der Waals surface area contributed by atoms with E-state index in [-0.39, 0.29) is 22.1 Å². The first kappa shape index (κ1) is 67.2. The first-order valence-corrected chi connectivity index (χ1v) is 27.7. The molecule has 14 nitrogen and oxygen atoms in total. The number of aromatic amines is 3. The molecule has 0 unspecified atom stereocenters. The van der Waals surface area contributed by atoms with E-state index in [1.165, 1.54) is 24.3 Å². The van der Waals surface area contributed by atoms with Gasteiger partial charge in [-0.1, -0.05) is 56.5 Å². The van der Waals surface area contributed by atoms with Crippen LogP contribution < -0.4 is 19.9 Å². The third-order valence-electron chi connectivity index (χ3n) is 12.8. The lowest BCUT2D eigenvalue weighted by atomic mass is 10.0. The third kappa shape index (κ3) is 20.9. The quantitative estimate of drug-likeness (QED) is 0.0287. The monoisotopic (exact) mass is 1190 g/mol. The molecule has 83 heavy (non-hydrogen) atoms. The van der Waals surface area contributed by atoms with Gasteiger partial charge in [0.25, 0.3) is 5.92 Å². The van der Waals surface area contributed by atoms with E-state index in [2.05, 4.69) is 54.2 Å². The number of para-hydroxylation sites is 1. The second kappa shape index (κ2) is 31.9. The topological polar surface area (TPSA) is 159 Å². The largest absolute Gasteiger partial charge is 0.493 e. The van der Waals surface area contributed by atoms with Crippen LogP contribution in [0.1, 0.15) is 100 Å². The molecule has 0 bridgehead atoms. The lowest BCUT2D eigenvalue weighted by Crippen LogP contribution is -2.25. The van der Waals surface area contributed by atoms with Crippen molar-refractivity contribution >= 4 is 11.6 Å². The van der Waals surface area contributed by atoms with Crippen LogP contribution in [0.3, 0.4) is 0 Å². The predicted octanol–water partition coefficient (Wildman–Crippen LogP) is 14.9. The number of unbranched alkanes of at least 4 members (excludes halogenated alkanes) is 2. The zero-order valence-corrected chi connectivity index (χ0v) is 49.3. The zero-order chi connectivity index (χ0) is 60.9. The van der Waals surface area contributed by atoms with Crippen molar-refractivity contribution < 1.29 is 54.1 Å². The van der Waals surface area contributed by atoms with Crippen molar-refractivity contribution in [2.24, 2.45) is 5.73 Å².